The van der Waals surface area contributed by atoms with Gasteiger partial charge in [0, 0.05) is 24.7 Å². The highest BCUT2D eigenvalue weighted by molar-refractivity contribution is 7.13. The van der Waals surface area contributed by atoms with Gasteiger partial charge in [-0.1, -0.05) is 0 Å². The maximum Gasteiger partial charge on any atom is 0.240 e. The number of amides is 1. The maximum atomic E-state index is 11.8. The number of likely N-dealkylation sites (tertiary alicyclic amines) is 1. The summed E-state index contributed by atoms with van der Waals surface area (Å²) in [7, 11) is 0. The zero-order valence-corrected chi connectivity index (χ0v) is 10.4. The van der Waals surface area contributed by atoms with E-state index in [1.165, 1.54) is 11.3 Å². The van der Waals surface area contributed by atoms with E-state index in [0.29, 0.717) is 11.7 Å². The van der Waals surface area contributed by atoms with E-state index in [4.69, 9.17) is 0 Å². The van der Waals surface area contributed by atoms with Crippen LogP contribution in [0.2, 0.25) is 0 Å². The van der Waals surface area contributed by atoms with Crippen LogP contribution in [0.4, 0.5) is 5.13 Å². The number of carbonyl (C=O) groups is 1. The van der Waals surface area contributed by atoms with E-state index in [-0.39, 0.29) is 5.91 Å². The number of nitrogens with one attached hydrogen (secondary N) is 2. The summed E-state index contributed by atoms with van der Waals surface area (Å²) in [5.41, 5.74) is 0. The molecule has 6 heteroatoms. The van der Waals surface area contributed by atoms with Crippen molar-refractivity contribution in [1.82, 2.24) is 15.2 Å². The molecule has 17 heavy (non-hydrogen) atoms. The monoisotopic (exact) mass is 252 g/mol. The van der Waals surface area contributed by atoms with Crippen molar-refractivity contribution >= 4 is 22.4 Å². The Balaban J connectivity index is 1.49. The van der Waals surface area contributed by atoms with E-state index >= 15 is 0 Å². The van der Waals surface area contributed by atoms with Crippen LogP contribution in [-0.2, 0) is 4.79 Å². The van der Waals surface area contributed by atoms with Crippen LogP contribution < -0.4 is 10.6 Å². The van der Waals surface area contributed by atoms with Gasteiger partial charge in [-0.3, -0.25) is 9.69 Å². The van der Waals surface area contributed by atoms with Crippen LogP contribution in [0.25, 0.3) is 0 Å². The molecule has 2 N–H and O–H groups in total. The normalized spacial score (nSPS) is 28.2. The van der Waals surface area contributed by atoms with Gasteiger partial charge in [0.25, 0.3) is 0 Å². The third-order valence-electron chi connectivity index (χ3n) is 3.51. The average molecular weight is 252 g/mol. The third-order valence-corrected chi connectivity index (χ3v) is 4.20. The van der Waals surface area contributed by atoms with Gasteiger partial charge < -0.3 is 10.6 Å². The van der Waals surface area contributed by atoms with Gasteiger partial charge in [0.05, 0.1) is 6.54 Å². The molecule has 92 valence electrons. The van der Waals surface area contributed by atoms with Gasteiger partial charge in [-0.25, -0.2) is 4.98 Å². The highest BCUT2D eigenvalue weighted by Gasteiger charge is 2.36. The van der Waals surface area contributed by atoms with Gasteiger partial charge in [0.15, 0.2) is 5.13 Å². The van der Waals surface area contributed by atoms with Crippen LogP contribution >= 0.6 is 11.3 Å². The maximum absolute atomic E-state index is 11.8. The fourth-order valence-corrected chi connectivity index (χ4v) is 3.27. The molecule has 0 saturated carbocycles. The van der Waals surface area contributed by atoms with Gasteiger partial charge in [0.2, 0.25) is 5.91 Å². The molecule has 0 aromatic carbocycles. The minimum Gasteiger partial charge on any atom is -0.316 e. The number of anilines is 1. The van der Waals surface area contributed by atoms with Crippen LogP contribution in [0.5, 0.6) is 0 Å². The summed E-state index contributed by atoms with van der Waals surface area (Å²) in [6.45, 7) is 4.79. The second-order valence-corrected chi connectivity index (χ2v) is 5.65. The Morgan fingerprint density at radius 1 is 1.53 bits per heavy atom. The molecule has 2 unspecified atom stereocenters. The first kappa shape index (κ1) is 11.1. The van der Waals surface area contributed by atoms with E-state index in [0.717, 1.165) is 38.0 Å². The second-order valence-electron chi connectivity index (χ2n) is 4.76. The number of carbonyl (C=O) groups excluding carboxylic acids is 1. The lowest BCUT2D eigenvalue weighted by molar-refractivity contribution is -0.117. The summed E-state index contributed by atoms with van der Waals surface area (Å²) in [5, 5.41) is 8.78. The van der Waals surface area contributed by atoms with Crippen molar-refractivity contribution < 1.29 is 4.79 Å². The Morgan fingerprint density at radius 2 is 2.29 bits per heavy atom. The number of hydrogen-bond acceptors (Lipinski definition) is 5. The molecule has 0 aliphatic carbocycles. The number of thiazole rings is 1. The standard InChI is InChI=1S/C11H16N4OS/c16-10(14-11-13-1-2-17-11)7-15-5-8-3-12-4-9(8)6-15/h1-2,8-9,12H,3-7H2,(H,13,14,16). The molecule has 5 nitrogen and oxygen atoms in total. The van der Waals surface area contributed by atoms with Crippen molar-refractivity contribution in [2.24, 2.45) is 11.8 Å². The van der Waals surface area contributed by atoms with E-state index in [9.17, 15) is 4.79 Å². The van der Waals surface area contributed by atoms with Crippen molar-refractivity contribution in [2.45, 2.75) is 0 Å². The van der Waals surface area contributed by atoms with Gasteiger partial charge in [0.1, 0.15) is 0 Å². The van der Waals surface area contributed by atoms with Crippen molar-refractivity contribution in [1.29, 1.82) is 0 Å². The second kappa shape index (κ2) is 4.72. The Labute approximate surface area is 104 Å². The first-order chi connectivity index (χ1) is 8.31. The van der Waals surface area contributed by atoms with Gasteiger partial charge >= 0.3 is 0 Å². The molecule has 3 rings (SSSR count). The number of hydrogen-bond donors (Lipinski definition) is 2. The Bertz CT molecular complexity index is 382. The Hall–Kier alpha value is -0.980. The fraction of sp³-hybridized carbons (Fsp3) is 0.636. The van der Waals surface area contributed by atoms with Crippen LogP contribution in [-0.4, -0.2) is 48.5 Å². The lowest BCUT2D eigenvalue weighted by Crippen LogP contribution is -2.33. The first-order valence-electron chi connectivity index (χ1n) is 5.93. The molecule has 2 saturated heterocycles. The largest absolute Gasteiger partial charge is 0.316 e. The summed E-state index contributed by atoms with van der Waals surface area (Å²) in [6, 6.07) is 0. The molecule has 3 heterocycles. The zero-order valence-electron chi connectivity index (χ0n) is 9.56. The van der Waals surface area contributed by atoms with Crippen molar-refractivity contribution in [2.75, 3.05) is 38.0 Å². The summed E-state index contributed by atoms with van der Waals surface area (Å²) in [5.74, 6) is 1.53. The Morgan fingerprint density at radius 3 is 2.94 bits per heavy atom. The highest BCUT2D eigenvalue weighted by Crippen LogP contribution is 2.25. The third kappa shape index (κ3) is 2.48. The van der Waals surface area contributed by atoms with E-state index in [2.05, 4.69) is 20.5 Å². The molecule has 2 atom stereocenters. The molecule has 1 amide bonds. The zero-order chi connectivity index (χ0) is 11.7. The topological polar surface area (TPSA) is 57.3 Å². The summed E-state index contributed by atoms with van der Waals surface area (Å²) >= 11 is 1.45. The van der Waals surface area contributed by atoms with Crippen molar-refractivity contribution in [3.63, 3.8) is 0 Å². The minimum absolute atomic E-state index is 0.0490. The smallest absolute Gasteiger partial charge is 0.240 e. The number of rotatable bonds is 3. The van der Waals surface area contributed by atoms with Crippen molar-refractivity contribution in [3.05, 3.63) is 11.6 Å². The van der Waals surface area contributed by atoms with Gasteiger partial charge in [-0.15, -0.1) is 11.3 Å². The molecular weight excluding hydrogens is 236 g/mol. The SMILES string of the molecule is O=C(CN1CC2CNCC2C1)Nc1nccs1. The average Bonchev–Trinajstić information content (AvgIpc) is 2.92. The summed E-state index contributed by atoms with van der Waals surface area (Å²) < 4.78 is 0. The quantitative estimate of drug-likeness (QED) is 0.809. The predicted molar refractivity (Wildman–Crippen MR) is 67.0 cm³/mol. The fourth-order valence-electron chi connectivity index (χ4n) is 2.73. The van der Waals surface area contributed by atoms with Gasteiger partial charge in [-0.2, -0.15) is 0 Å². The summed E-state index contributed by atoms with van der Waals surface area (Å²) in [4.78, 5) is 18.1. The molecule has 1 aromatic rings. The molecule has 1 aromatic heterocycles. The molecule has 2 aliphatic rings. The predicted octanol–water partition coefficient (Wildman–Crippen LogP) is 0.233. The number of aromatic nitrogens is 1. The number of nitrogens with zero attached hydrogens (tertiary/aromatic N) is 2. The molecule has 0 spiro atoms. The van der Waals surface area contributed by atoms with E-state index in [1.54, 1.807) is 6.20 Å². The van der Waals surface area contributed by atoms with E-state index < -0.39 is 0 Å². The minimum atomic E-state index is 0.0490. The van der Waals surface area contributed by atoms with Crippen molar-refractivity contribution in [3.8, 4) is 0 Å². The van der Waals surface area contributed by atoms with Crippen LogP contribution in [0.15, 0.2) is 11.6 Å². The molecule has 2 aliphatic heterocycles. The molecule has 2 fully saturated rings. The molecule has 0 bridgehead atoms. The van der Waals surface area contributed by atoms with Crippen LogP contribution in [0.3, 0.4) is 0 Å². The van der Waals surface area contributed by atoms with Crippen LogP contribution in [0.1, 0.15) is 0 Å². The van der Waals surface area contributed by atoms with E-state index in [1.807, 2.05) is 5.38 Å². The first-order valence-corrected chi connectivity index (χ1v) is 6.81. The molecule has 0 radical (unpaired) electrons. The Kier molecular flexibility index (Phi) is 3.09. The van der Waals surface area contributed by atoms with Gasteiger partial charge in [-0.05, 0) is 24.9 Å². The highest BCUT2D eigenvalue weighted by atomic mass is 32.1. The number of fused-ring (bicyclic) bond motifs is 1. The lowest BCUT2D eigenvalue weighted by Gasteiger charge is -2.15. The molecular formula is C11H16N4OS. The lowest BCUT2D eigenvalue weighted by atomic mass is 10.0. The summed E-state index contributed by atoms with van der Waals surface area (Å²) in [6.07, 6.45) is 1.70. The van der Waals surface area contributed by atoms with Crippen LogP contribution in [0, 0.1) is 11.8 Å².